The van der Waals surface area contributed by atoms with E-state index < -0.39 is 21.8 Å². The van der Waals surface area contributed by atoms with Gasteiger partial charge in [-0.15, -0.1) is 0 Å². The van der Waals surface area contributed by atoms with Crippen molar-refractivity contribution >= 4 is 32.7 Å². The van der Waals surface area contributed by atoms with Gasteiger partial charge < -0.3 is 28.6 Å². The Bertz CT molecular complexity index is 2080. The number of allylic oxidation sites excluding steroid dienone is 5. The average Bonchev–Trinajstić information content (AvgIpc) is 3.53. The minimum atomic E-state index is -4.04. The van der Waals surface area contributed by atoms with Crippen LogP contribution in [0.3, 0.4) is 0 Å². The van der Waals surface area contributed by atoms with Crippen LogP contribution in [0.1, 0.15) is 68.5 Å². The smallest absolute Gasteiger partial charge is 0.265 e. The molecule has 4 heterocycles. The number of rotatable bonds is 10. The highest BCUT2D eigenvalue weighted by Crippen LogP contribution is 2.57. The van der Waals surface area contributed by atoms with Crippen LogP contribution in [-0.2, 0) is 35.6 Å². The Morgan fingerprint density at radius 2 is 1.68 bits per heavy atom. The largest absolute Gasteiger partial charge is 0.496 e. The topological polar surface area (TPSA) is 119 Å². The second-order valence-electron chi connectivity index (χ2n) is 16.4. The zero-order valence-corrected chi connectivity index (χ0v) is 32.4. The van der Waals surface area contributed by atoms with E-state index in [-0.39, 0.29) is 27.6 Å². The van der Waals surface area contributed by atoms with Crippen molar-refractivity contribution in [1.29, 1.82) is 0 Å². The fourth-order valence-electron chi connectivity index (χ4n) is 10.8. The number of aromatic nitrogens is 1. The van der Waals surface area contributed by atoms with E-state index in [2.05, 4.69) is 57.0 Å². The van der Waals surface area contributed by atoms with Crippen LogP contribution in [0.5, 0.6) is 5.75 Å². The molecule has 0 unspecified atom stereocenters. The molecule has 2 amide bonds. The van der Waals surface area contributed by atoms with Crippen molar-refractivity contribution < 1.29 is 32.2 Å². The SMILES string of the molecule is C=C(C)S(=O)(=O)NC(=O)C1=C2Cn3c(cc4c(OC)ccc(C5CCCCC5)c43)[C@@H]3C(=C21)C=CC[C@H]3C(=O)N1C[C@]2(COC)CN(C)C[C@]2(COC)C1. The molecule has 2 aromatic rings. The molecule has 284 valence electrons. The molecule has 1 aromatic carbocycles. The van der Waals surface area contributed by atoms with Crippen molar-refractivity contribution in [2.24, 2.45) is 16.7 Å². The van der Waals surface area contributed by atoms with Crippen LogP contribution in [0.2, 0.25) is 0 Å². The first kappa shape index (κ1) is 36.3. The van der Waals surface area contributed by atoms with Gasteiger partial charge in [-0.2, -0.15) is 0 Å². The Kier molecular flexibility index (Phi) is 9.07. The maximum absolute atomic E-state index is 15.2. The van der Waals surface area contributed by atoms with Gasteiger partial charge in [-0.3, -0.25) is 9.59 Å². The van der Waals surface area contributed by atoms with Crippen molar-refractivity contribution in [3.8, 4) is 5.75 Å². The van der Waals surface area contributed by atoms with Crippen molar-refractivity contribution in [3.05, 3.63) is 75.4 Å². The Morgan fingerprint density at radius 1 is 1.00 bits per heavy atom. The summed E-state index contributed by atoms with van der Waals surface area (Å²) in [6.07, 6.45) is 10.4. The molecule has 53 heavy (non-hydrogen) atoms. The number of carbonyl (C=O) groups excluding carboxylic acids is 2. The van der Waals surface area contributed by atoms with Gasteiger partial charge in [0.1, 0.15) is 5.75 Å². The molecule has 8 rings (SSSR count). The first-order valence-electron chi connectivity index (χ1n) is 18.9. The van der Waals surface area contributed by atoms with Gasteiger partial charge >= 0.3 is 0 Å². The monoisotopic (exact) mass is 744 g/mol. The highest BCUT2D eigenvalue weighted by atomic mass is 32.2. The van der Waals surface area contributed by atoms with E-state index >= 15 is 4.79 Å². The molecular weight excluding hydrogens is 693 g/mol. The van der Waals surface area contributed by atoms with Crippen LogP contribution in [0.4, 0.5) is 0 Å². The minimum Gasteiger partial charge on any atom is -0.496 e. The van der Waals surface area contributed by atoms with Crippen molar-refractivity contribution in [3.63, 3.8) is 0 Å². The van der Waals surface area contributed by atoms with E-state index in [0.29, 0.717) is 50.8 Å². The lowest BCUT2D eigenvalue weighted by molar-refractivity contribution is -0.136. The summed E-state index contributed by atoms with van der Waals surface area (Å²) in [5, 5.41) is 1.00. The van der Waals surface area contributed by atoms with Crippen molar-refractivity contribution in [2.75, 3.05) is 67.8 Å². The Balaban J connectivity index is 1.27. The van der Waals surface area contributed by atoms with Crippen LogP contribution in [0.25, 0.3) is 10.9 Å². The number of fused-ring (bicyclic) bond motifs is 7. The zero-order chi connectivity index (χ0) is 37.4. The van der Waals surface area contributed by atoms with Crippen LogP contribution in [-0.4, -0.2) is 102 Å². The standard InChI is InChI=1S/C41H52N4O7S/c1-25(2)53(48,49)42-38(46)36-31-18-45-32(17-30-33(52-6)16-15-27(37(30)45)26-11-8-7-9-12-26)34-28(35(31)36)13-10-14-29(34)39(47)44-21-40(23-50-4)19-43(3)20-41(40,22-44)24-51-5/h10,13,15-17,26,29,34H,1,7-9,11-12,14,18-24H2,2-6H3,(H,42,46)/t29-,34-,40-,41+/m1/s1. The molecule has 1 saturated carbocycles. The summed E-state index contributed by atoms with van der Waals surface area (Å²) in [5.74, 6) is -0.210. The normalized spacial score (nSPS) is 28.4. The summed E-state index contributed by atoms with van der Waals surface area (Å²) in [5.41, 5.74) is 5.70. The third-order valence-electron chi connectivity index (χ3n) is 13.1. The van der Waals surface area contributed by atoms with Crippen LogP contribution < -0.4 is 9.46 Å². The lowest BCUT2D eigenvalue weighted by atomic mass is 9.69. The maximum Gasteiger partial charge on any atom is 0.265 e. The average molecular weight is 745 g/mol. The lowest BCUT2D eigenvalue weighted by Gasteiger charge is -2.36. The number of amides is 2. The van der Waals surface area contributed by atoms with Gasteiger partial charge in [-0.25, -0.2) is 13.1 Å². The number of likely N-dealkylation sites (tertiary alicyclic amines) is 2. The molecule has 11 nitrogen and oxygen atoms in total. The summed E-state index contributed by atoms with van der Waals surface area (Å²) < 4.78 is 47.9. The first-order chi connectivity index (χ1) is 25.4. The molecule has 4 atom stereocenters. The first-order valence-corrected chi connectivity index (χ1v) is 20.4. The number of ether oxygens (including phenoxy) is 3. The summed E-state index contributed by atoms with van der Waals surface area (Å²) in [4.78, 5) is 33.2. The van der Waals surface area contributed by atoms with Gasteiger partial charge in [0.25, 0.3) is 15.9 Å². The predicted octanol–water partition coefficient (Wildman–Crippen LogP) is 5.01. The number of hydrogen-bond donors (Lipinski definition) is 1. The second-order valence-corrected chi connectivity index (χ2v) is 18.4. The highest BCUT2D eigenvalue weighted by Gasteiger charge is 2.64. The van der Waals surface area contributed by atoms with E-state index in [1.54, 1.807) is 21.3 Å². The molecular formula is C41H52N4O7S. The van der Waals surface area contributed by atoms with Crippen molar-refractivity contribution in [2.45, 2.75) is 63.8 Å². The molecule has 1 aromatic heterocycles. The molecule has 3 aliphatic carbocycles. The summed E-state index contributed by atoms with van der Waals surface area (Å²) in [7, 11) is 3.24. The number of methoxy groups -OCH3 is 3. The van der Waals surface area contributed by atoms with E-state index in [9.17, 15) is 13.2 Å². The highest BCUT2D eigenvalue weighted by molar-refractivity contribution is 7.93. The Morgan fingerprint density at radius 3 is 2.30 bits per heavy atom. The maximum atomic E-state index is 15.2. The zero-order valence-electron chi connectivity index (χ0n) is 31.6. The molecule has 0 bridgehead atoms. The minimum absolute atomic E-state index is 0.0803. The summed E-state index contributed by atoms with van der Waals surface area (Å²) in [6, 6.07) is 6.49. The van der Waals surface area contributed by atoms with Crippen molar-refractivity contribution in [1.82, 2.24) is 19.1 Å². The number of nitrogens with one attached hydrogen (secondary N) is 1. The summed E-state index contributed by atoms with van der Waals surface area (Å²) >= 11 is 0. The quantitative estimate of drug-likeness (QED) is 0.361. The number of carbonyl (C=O) groups is 2. The Hall–Kier alpha value is -3.71. The fourth-order valence-corrected chi connectivity index (χ4v) is 11.4. The van der Waals surface area contributed by atoms with Crippen LogP contribution in [0, 0.1) is 16.7 Å². The molecule has 0 radical (unpaired) electrons. The van der Waals surface area contributed by atoms with Gasteiger partial charge in [-0.1, -0.05) is 44.1 Å². The molecule has 2 saturated heterocycles. The number of nitrogens with zero attached hydrogens (tertiary/aromatic N) is 3. The van der Waals surface area contributed by atoms with E-state index in [1.165, 1.54) is 31.7 Å². The van der Waals surface area contributed by atoms with Crippen LogP contribution in [0.15, 0.2) is 64.1 Å². The lowest BCUT2D eigenvalue weighted by Crippen LogP contribution is -2.46. The van der Waals surface area contributed by atoms with E-state index in [4.69, 9.17) is 14.2 Å². The molecule has 12 heteroatoms. The van der Waals surface area contributed by atoms with E-state index in [0.717, 1.165) is 65.0 Å². The third-order valence-corrected chi connectivity index (χ3v) is 14.5. The predicted molar refractivity (Wildman–Crippen MR) is 203 cm³/mol. The van der Waals surface area contributed by atoms with Gasteiger partial charge in [0.05, 0.1) is 42.2 Å². The number of benzene rings is 1. The summed E-state index contributed by atoms with van der Waals surface area (Å²) in [6.45, 7) is 9.17. The van der Waals surface area contributed by atoms with Gasteiger partial charge in [-0.05, 0) is 73.6 Å². The van der Waals surface area contributed by atoms with Gasteiger partial charge in [0.15, 0.2) is 0 Å². The van der Waals surface area contributed by atoms with Crippen LogP contribution >= 0.6 is 0 Å². The van der Waals surface area contributed by atoms with E-state index in [1.807, 2.05) is 6.08 Å². The third kappa shape index (κ3) is 5.65. The molecule has 1 N–H and O–H groups in total. The fraction of sp³-hybridized carbons (Fsp3) is 0.561. The molecule has 6 aliphatic rings. The van der Waals surface area contributed by atoms with Gasteiger partial charge in [0, 0.05) is 74.8 Å². The molecule has 0 spiro atoms. The number of hydrogen-bond acceptors (Lipinski definition) is 8. The number of sulfonamides is 1. The molecule has 3 fully saturated rings. The Labute approximate surface area is 312 Å². The van der Waals surface area contributed by atoms with Gasteiger partial charge in [0.2, 0.25) is 5.91 Å². The second kappa shape index (κ2) is 13.2. The molecule has 3 aliphatic heterocycles.